The average molecular weight is 490 g/mol. The molecule has 0 aliphatic heterocycles. The Hall–Kier alpha value is -3.62. The summed E-state index contributed by atoms with van der Waals surface area (Å²) < 4.78 is 38.9. The quantitative estimate of drug-likeness (QED) is 0.289. The van der Waals surface area contributed by atoms with E-state index in [4.69, 9.17) is 11.6 Å². The molecule has 33 heavy (non-hydrogen) atoms. The van der Waals surface area contributed by atoms with Crippen LogP contribution in [-0.4, -0.2) is 33.5 Å². The number of aromatic nitrogens is 4. The lowest BCUT2D eigenvalue weighted by atomic mass is 10.1. The Labute approximate surface area is 195 Å². The first-order valence-electron chi connectivity index (χ1n) is 9.58. The van der Waals surface area contributed by atoms with Crippen molar-refractivity contribution in [2.45, 2.75) is 6.18 Å². The maximum atomic E-state index is 13.0. The smallest absolute Gasteiger partial charge is 0.383 e. The van der Waals surface area contributed by atoms with Gasteiger partial charge in [-0.15, -0.1) is 5.10 Å². The van der Waals surface area contributed by atoms with Crippen LogP contribution < -0.4 is 10.6 Å². The number of halogens is 4. The van der Waals surface area contributed by atoms with Crippen molar-refractivity contribution in [3.05, 3.63) is 64.8 Å². The summed E-state index contributed by atoms with van der Waals surface area (Å²) in [5.74, 6) is 0. The van der Waals surface area contributed by atoms with E-state index in [1.807, 2.05) is 18.2 Å². The van der Waals surface area contributed by atoms with E-state index >= 15 is 0 Å². The Morgan fingerprint density at radius 3 is 2.33 bits per heavy atom. The highest BCUT2D eigenvalue weighted by molar-refractivity contribution is 7.19. The third-order valence-electron chi connectivity index (χ3n) is 4.55. The molecule has 2 heterocycles. The molecule has 12 heteroatoms. The van der Waals surface area contributed by atoms with Gasteiger partial charge in [-0.05, 0) is 42.0 Å². The summed E-state index contributed by atoms with van der Waals surface area (Å²) >= 11 is 7.13. The number of nitrogens with one attached hydrogen (secondary N) is 3. The molecule has 0 saturated carbocycles. The molecule has 0 radical (unpaired) electrons. The molecule has 0 unspecified atom stereocenters. The molecule has 3 N–H and O–H groups in total. The number of benzene rings is 2. The van der Waals surface area contributed by atoms with Gasteiger partial charge in [0.25, 0.3) is 0 Å². The van der Waals surface area contributed by atoms with Gasteiger partial charge in [0, 0.05) is 23.8 Å². The number of nitrogens with zero attached hydrogens (tertiary/aromatic N) is 4. The predicted octanol–water partition coefficient (Wildman–Crippen LogP) is 5.66. The third-order valence-corrected chi connectivity index (χ3v) is 5.87. The molecule has 0 aliphatic rings. The summed E-state index contributed by atoms with van der Waals surface area (Å²) in [6.45, 7) is 1.10. The average Bonchev–Trinajstić information content (AvgIpc) is 3.44. The molecule has 168 valence electrons. The number of anilines is 2. The zero-order chi connectivity index (χ0) is 23.4. The predicted molar refractivity (Wildman–Crippen MR) is 121 cm³/mol. The van der Waals surface area contributed by atoms with Crippen molar-refractivity contribution in [1.29, 1.82) is 5.26 Å². The third kappa shape index (κ3) is 5.24. The van der Waals surface area contributed by atoms with Crippen LogP contribution in [0.1, 0.15) is 11.3 Å². The number of thiazole rings is 1. The van der Waals surface area contributed by atoms with Gasteiger partial charge in [-0.25, -0.2) is 4.98 Å². The molecule has 0 fully saturated rings. The summed E-state index contributed by atoms with van der Waals surface area (Å²) in [4.78, 5) is 5.10. The van der Waals surface area contributed by atoms with Crippen LogP contribution in [-0.2, 0) is 6.18 Å². The van der Waals surface area contributed by atoms with Crippen LogP contribution in [0.25, 0.3) is 21.8 Å². The second kappa shape index (κ2) is 9.48. The van der Waals surface area contributed by atoms with Crippen LogP contribution in [0.5, 0.6) is 0 Å². The lowest BCUT2D eigenvalue weighted by Crippen LogP contribution is -2.13. The standard InChI is InChI=1S/C21H15ClF3N7S/c22-14-5-7-15(8-6-14)27-9-10-28-20-29-18(17-16(11-26)30-32-31-17)19(33-20)12-1-3-13(4-2-12)21(23,24)25/h1-8,27H,9-10H2,(H,28,29)(H,30,31,32). The minimum Gasteiger partial charge on any atom is -0.383 e. The minimum atomic E-state index is -4.43. The minimum absolute atomic E-state index is 0.0458. The van der Waals surface area contributed by atoms with E-state index in [9.17, 15) is 18.4 Å². The maximum absolute atomic E-state index is 13.0. The van der Waals surface area contributed by atoms with Crippen molar-refractivity contribution in [1.82, 2.24) is 20.4 Å². The molecule has 0 amide bonds. The van der Waals surface area contributed by atoms with Gasteiger partial charge in [0.05, 0.1) is 10.4 Å². The molecule has 7 nitrogen and oxygen atoms in total. The van der Waals surface area contributed by atoms with Crippen LogP contribution in [0.2, 0.25) is 5.02 Å². The highest BCUT2D eigenvalue weighted by atomic mass is 35.5. The van der Waals surface area contributed by atoms with Crippen LogP contribution in [0, 0.1) is 11.3 Å². The lowest BCUT2D eigenvalue weighted by molar-refractivity contribution is -0.137. The van der Waals surface area contributed by atoms with Crippen LogP contribution in [0.4, 0.5) is 24.0 Å². The van der Waals surface area contributed by atoms with Crippen LogP contribution in [0.3, 0.4) is 0 Å². The van der Waals surface area contributed by atoms with E-state index in [1.165, 1.54) is 23.5 Å². The molecule has 4 rings (SSSR count). The van der Waals surface area contributed by atoms with Gasteiger partial charge in [0.1, 0.15) is 11.8 Å². The SMILES string of the molecule is N#Cc1n[nH]nc1-c1nc(NCCNc2ccc(Cl)cc2)sc1-c1ccc(C(F)(F)F)cc1. The van der Waals surface area contributed by atoms with E-state index in [1.54, 1.807) is 12.1 Å². The van der Waals surface area contributed by atoms with Gasteiger partial charge in [0.2, 0.25) is 0 Å². The summed E-state index contributed by atoms with van der Waals surface area (Å²) in [7, 11) is 0. The summed E-state index contributed by atoms with van der Waals surface area (Å²) in [6.07, 6.45) is -4.43. The van der Waals surface area contributed by atoms with Gasteiger partial charge >= 0.3 is 6.18 Å². The van der Waals surface area contributed by atoms with Gasteiger partial charge < -0.3 is 10.6 Å². The first kappa shape index (κ1) is 22.6. The Morgan fingerprint density at radius 1 is 0.970 bits per heavy atom. The fourth-order valence-electron chi connectivity index (χ4n) is 2.98. The van der Waals surface area contributed by atoms with Crippen molar-refractivity contribution in [3.8, 4) is 27.9 Å². The van der Waals surface area contributed by atoms with Crippen LogP contribution >= 0.6 is 22.9 Å². The monoisotopic (exact) mass is 489 g/mol. The number of alkyl halides is 3. The second-order valence-electron chi connectivity index (χ2n) is 6.76. The molecule has 4 aromatic rings. The lowest BCUT2D eigenvalue weighted by Gasteiger charge is -2.07. The largest absolute Gasteiger partial charge is 0.416 e. The zero-order valence-electron chi connectivity index (χ0n) is 16.7. The fourth-order valence-corrected chi connectivity index (χ4v) is 4.10. The van der Waals surface area contributed by atoms with Gasteiger partial charge in [-0.3, -0.25) is 0 Å². The first-order valence-corrected chi connectivity index (χ1v) is 10.8. The Morgan fingerprint density at radius 2 is 1.67 bits per heavy atom. The number of hydrogen-bond donors (Lipinski definition) is 3. The Kier molecular flexibility index (Phi) is 6.48. The topological polar surface area (TPSA) is 102 Å². The van der Waals surface area contributed by atoms with E-state index in [0.717, 1.165) is 17.8 Å². The molecule has 0 aliphatic carbocycles. The summed E-state index contributed by atoms with van der Waals surface area (Å²) in [5.41, 5.74) is 1.32. The Balaban J connectivity index is 1.56. The highest BCUT2D eigenvalue weighted by Crippen LogP contribution is 2.40. The van der Waals surface area contributed by atoms with Crippen molar-refractivity contribution < 1.29 is 13.2 Å². The zero-order valence-corrected chi connectivity index (χ0v) is 18.3. The number of aromatic amines is 1. The van der Waals surface area contributed by atoms with E-state index in [2.05, 4.69) is 31.0 Å². The summed E-state index contributed by atoms with van der Waals surface area (Å²) in [6, 6.07) is 14.0. The van der Waals surface area contributed by atoms with E-state index in [-0.39, 0.29) is 11.4 Å². The second-order valence-corrected chi connectivity index (χ2v) is 8.20. The van der Waals surface area contributed by atoms with E-state index in [0.29, 0.717) is 39.4 Å². The first-order chi connectivity index (χ1) is 15.8. The van der Waals surface area contributed by atoms with E-state index < -0.39 is 11.7 Å². The van der Waals surface area contributed by atoms with Crippen LogP contribution in [0.15, 0.2) is 48.5 Å². The molecule has 0 spiro atoms. The molecule has 0 bridgehead atoms. The number of nitriles is 1. The molecule has 0 atom stereocenters. The maximum Gasteiger partial charge on any atom is 0.416 e. The number of H-pyrrole nitrogens is 1. The normalized spacial score (nSPS) is 11.2. The van der Waals surface area contributed by atoms with Crippen molar-refractivity contribution >= 4 is 33.8 Å². The molecule has 2 aromatic carbocycles. The van der Waals surface area contributed by atoms with Crippen molar-refractivity contribution in [2.75, 3.05) is 23.7 Å². The highest BCUT2D eigenvalue weighted by Gasteiger charge is 2.30. The van der Waals surface area contributed by atoms with Gasteiger partial charge in [-0.2, -0.15) is 28.7 Å². The fraction of sp³-hybridized carbons (Fsp3) is 0.143. The number of rotatable bonds is 7. The van der Waals surface area contributed by atoms with Crippen molar-refractivity contribution in [3.63, 3.8) is 0 Å². The molecule has 2 aromatic heterocycles. The molecular formula is C21H15ClF3N7S. The molecule has 0 saturated heterocycles. The van der Waals surface area contributed by atoms with Crippen molar-refractivity contribution in [2.24, 2.45) is 0 Å². The van der Waals surface area contributed by atoms with Gasteiger partial charge in [-0.1, -0.05) is 35.1 Å². The number of hydrogen-bond acceptors (Lipinski definition) is 7. The Bertz CT molecular complexity index is 1280. The summed E-state index contributed by atoms with van der Waals surface area (Å²) in [5, 5.41) is 27.1. The molecular weight excluding hydrogens is 475 g/mol. The van der Waals surface area contributed by atoms with Gasteiger partial charge in [0.15, 0.2) is 16.5 Å².